The number of rotatable bonds is 3. The van der Waals surface area contributed by atoms with Crippen molar-refractivity contribution in [2.24, 2.45) is 22.7 Å². The highest BCUT2D eigenvalue weighted by molar-refractivity contribution is 5.75. The fraction of sp³-hybridized carbons (Fsp3) is 0.600. The van der Waals surface area contributed by atoms with Crippen LogP contribution in [0.25, 0.3) is 11.1 Å². The van der Waals surface area contributed by atoms with Crippen LogP contribution in [0.3, 0.4) is 0 Å². The van der Waals surface area contributed by atoms with Crippen LogP contribution in [0.1, 0.15) is 88.5 Å². The molecule has 6 atom stereocenters. The van der Waals surface area contributed by atoms with Crippen molar-refractivity contribution in [1.29, 1.82) is 0 Å². The molecule has 2 N–H and O–H groups in total. The zero-order chi connectivity index (χ0) is 22.8. The lowest BCUT2D eigenvalue weighted by Crippen LogP contribution is -2.29. The second-order valence-corrected chi connectivity index (χ2v) is 12.7. The third kappa shape index (κ3) is 2.32. The Bertz CT molecular complexity index is 1070. The maximum Gasteiger partial charge on any atom is 0.119 e. The lowest BCUT2D eigenvalue weighted by Gasteiger charge is -2.36. The van der Waals surface area contributed by atoms with Gasteiger partial charge in [0.25, 0.3) is 0 Å². The molecule has 4 aliphatic carbocycles. The van der Waals surface area contributed by atoms with E-state index < -0.39 is 0 Å². The van der Waals surface area contributed by atoms with Crippen molar-refractivity contribution in [1.82, 2.24) is 0 Å². The molecule has 4 saturated carbocycles. The van der Waals surface area contributed by atoms with Crippen molar-refractivity contribution in [3.63, 3.8) is 0 Å². The molecule has 2 nitrogen and oxygen atoms in total. The van der Waals surface area contributed by atoms with Gasteiger partial charge in [0.1, 0.15) is 11.5 Å². The molecule has 170 valence electrons. The molecule has 0 aromatic heterocycles. The van der Waals surface area contributed by atoms with E-state index in [4.69, 9.17) is 0 Å². The number of phenolic OH excluding ortho intramolecular Hbond substituents is 2. The highest BCUT2D eigenvalue weighted by Crippen LogP contribution is 2.74. The number of phenols is 2. The third-order valence-electron chi connectivity index (χ3n) is 11.5. The molecule has 0 bridgehead atoms. The maximum atomic E-state index is 11.1. The minimum Gasteiger partial charge on any atom is -0.508 e. The number of benzene rings is 2. The van der Waals surface area contributed by atoms with Crippen LogP contribution < -0.4 is 0 Å². The van der Waals surface area contributed by atoms with Crippen LogP contribution in [0.4, 0.5) is 0 Å². The van der Waals surface area contributed by atoms with Gasteiger partial charge in [-0.15, -0.1) is 0 Å². The molecule has 6 rings (SSSR count). The van der Waals surface area contributed by atoms with Gasteiger partial charge in [0, 0.05) is 22.0 Å². The minimum absolute atomic E-state index is 0.0317. The van der Waals surface area contributed by atoms with E-state index in [2.05, 4.69) is 53.7 Å². The molecular weight excluding hydrogens is 392 g/mol. The number of aryl methyl sites for hydroxylation is 2. The monoisotopic (exact) mass is 430 g/mol. The first-order chi connectivity index (χ1) is 14.9. The van der Waals surface area contributed by atoms with Crippen LogP contribution in [0, 0.1) is 36.5 Å². The SMILES string of the molecule is Cc1cc(O)c([C@]2(C)CC[C@@H]3C[C@@]32C)cc1-c1cc([C@]2(C)CC[C@@H]3C[C@@]32C)c(O)cc1C. The number of hydrogen-bond acceptors (Lipinski definition) is 2. The van der Waals surface area contributed by atoms with E-state index in [0.717, 1.165) is 46.9 Å². The molecule has 4 fully saturated rings. The average Bonchev–Trinajstić information content (AvgIpc) is 3.55. The minimum atomic E-state index is 0.0317. The number of hydrogen-bond donors (Lipinski definition) is 2. The Kier molecular flexibility index (Phi) is 3.82. The van der Waals surface area contributed by atoms with Gasteiger partial charge in [0.15, 0.2) is 0 Å². The van der Waals surface area contributed by atoms with Crippen LogP contribution in [-0.2, 0) is 10.8 Å². The van der Waals surface area contributed by atoms with E-state index in [1.54, 1.807) is 0 Å². The van der Waals surface area contributed by atoms with E-state index in [9.17, 15) is 10.2 Å². The van der Waals surface area contributed by atoms with Crippen LogP contribution in [0.15, 0.2) is 24.3 Å². The zero-order valence-electron chi connectivity index (χ0n) is 20.6. The van der Waals surface area contributed by atoms with E-state index in [1.165, 1.54) is 36.8 Å². The zero-order valence-corrected chi connectivity index (χ0v) is 20.6. The van der Waals surface area contributed by atoms with E-state index in [0.29, 0.717) is 22.3 Å². The topological polar surface area (TPSA) is 40.5 Å². The summed E-state index contributed by atoms with van der Waals surface area (Å²) in [6, 6.07) is 8.55. The summed E-state index contributed by atoms with van der Waals surface area (Å²) in [5, 5.41) is 22.1. The lowest BCUT2D eigenvalue weighted by molar-refractivity contribution is 0.298. The van der Waals surface area contributed by atoms with Gasteiger partial charge < -0.3 is 10.2 Å². The van der Waals surface area contributed by atoms with Gasteiger partial charge in [-0.05, 0) is 122 Å². The largest absolute Gasteiger partial charge is 0.508 e. The van der Waals surface area contributed by atoms with E-state index in [1.807, 2.05) is 12.1 Å². The summed E-state index contributed by atoms with van der Waals surface area (Å²) >= 11 is 0. The maximum absolute atomic E-state index is 11.1. The molecule has 2 aromatic carbocycles. The average molecular weight is 431 g/mol. The first kappa shape index (κ1) is 20.6. The Hall–Kier alpha value is -1.96. The molecule has 0 amide bonds. The highest BCUT2D eigenvalue weighted by atomic mass is 16.3. The molecule has 0 saturated heterocycles. The predicted octanol–water partition coefficient (Wildman–Crippen LogP) is 7.54. The molecular formula is C30H38O2. The molecule has 0 heterocycles. The fourth-order valence-corrected chi connectivity index (χ4v) is 8.33. The van der Waals surface area contributed by atoms with Crippen molar-refractivity contribution in [3.8, 4) is 22.6 Å². The molecule has 0 radical (unpaired) electrons. The summed E-state index contributed by atoms with van der Waals surface area (Å²) in [6.07, 6.45) is 7.43. The standard InChI is InChI=1S/C30H38O2/c1-17-11-25(31)23(27(3)9-7-19-15-29(19,27)5)13-21(17)22-14-24(26(32)12-18(22)2)28(4)10-8-20-16-30(20,28)6/h11-14,19-20,31-32H,7-10,15-16H2,1-6H3/t19-,20-,27+,28+,29+,30+/m1/s1. The number of aromatic hydroxyl groups is 2. The van der Waals surface area contributed by atoms with Crippen molar-refractivity contribution >= 4 is 0 Å². The third-order valence-corrected chi connectivity index (χ3v) is 11.5. The fourth-order valence-electron chi connectivity index (χ4n) is 8.33. The van der Waals surface area contributed by atoms with Gasteiger partial charge in [-0.3, -0.25) is 0 Å². The van der Waals surface area contributed by atoms with E-state index in [-0.39, 0.29) is 10.8 Å². The summed E-state index contributed by atoms with van der Waals surface area (Å²) in [7, 11) is 0. The Labute approximate surface area is 193 Å². The van der Waals surface area contributed by atoms with Crippen molar-refractivity contribution < 1.29 is 10.2 Å². The normalized spacial score (nSPS) is 41.4. The van der Waals surface area contributed by atoms with Crippen LogP contribution in [-0.4, -0.2) is 10.2 Å². The van der Waals surface area contributed by atoms with Gasteiger partial charge in [0.05, 0.1) is 0 Å². The summed E-state index contributed by atoms with van der Waals surface area (Å²) in [5.41, 5.74) is 7.59. The highest BCUT2D eigenvalue weighted by Gasteiger charge is 2.67. The van der Waals surface area contributed by atoms with Crippen LogP contribution in [0.5, 0.6) is 11.5 Å². The first-order valence-corrected chi connectivity index (χ1v) is 12.6. The molecule has 0 aliphatic heterocycles. The predicted molar refractivity (Wildman–Crippen MR) is 130 cm³/mol. The Morgan fingerprint density at radius 1 is 0.656 bits per heavy atom. The quantitative estimate of drug-likeness (QED) is 0.528. The second-order valence-electron chi connectivity index (χ2n) is 12.7. The molecule has 0 spiro atoms. The summed E-state index contributed by atoms with van der Waals surface area (Å²) in [4.78, 5) is 0. The lowest BCUT2D eigenvalue weighted by atomic mass is 9.68. The smallest absolute Gasteiger partial charge is 0.119 e. The summed E-state index contributed by atoms with van der Waals surface area (Å²) in [5.74, 6) is 2.53. The molecule has 2 heteroatoms. The van der Waals surface area contributed by atoms with Gasteiger partial charge >= 0.3 is 0 Å². The first-order valence-electron chi connectivity index (χ1n) is 12.6. The second kappa shape index (κ2) is 5.93. The molecule has 0 unspecified atom stereocenters. The van der Waals surface area contributed by atoms with E-state index >= 15 is 0 Å². The Morgan fingerprint density at radius 2 is 1.03 bits per heavy atom. The summed E-state index contributed by atoms with van der Waals surface area (Å²) < 4.78 is 0. The van der Waals surface area contributed by atoms with Crippen molar-refractivity contribution in [2.45, 2.75) is 90.9 Å². The molecule has 4 aliphatic rings. The number of fused-ring (bicyclic) bond motifs is 2. The van der Waals surface area contributed by atoms with Crippen molar-refractivity contribution in [3.05, 3.63) is 46.5 Å². The van der Waals surface area contributed by atoms with Gasteiger partial charge in [0.2, 0.25) is 0 Å². The van der Waals surface area contributed by atoms with Gasteiger partial charge in [-0.2, -0.15) is 0 Å². The van der Waals surface area contributed by atoms with Crippen molar-refractivity contribution in [2.75, 3.05) is 0 Å². The Balaban J connectivity index is 1.51. The molecule has 2 aromatic rings. The summed E-state index contributed by atoms with van der Waals surface area (Å²) in [6.45, 7) is 13.8. The molecule has 32 heavy (non-hydrogen) atoms. The van der Waals surface area contributed by atoms with Crippen LogP contribution in [0.2, 0.25) is 0 Å². The van der Waals surface area contributed by atoms with Gasteiger partial charge in [-0.1, -0.05) is 27.7 Å². The van der Waals surface area contributed by atoms with Gasteiger partial charge in [-0.25, -0.2) is 0 Å². The van der Waals surface area contributed by atoms with Crippen LogP contribution >= 0.6 is 0 Å². The Morgan fingerprint density at radius 3 is 1.31 bits per heavy atom.